The molecule has 0 unspecified atom stereocenters. The van der Waals surface area contributed by atoms with Gasteiger partial charge in [0, 0.05) is 27.7 Å². The number of hydrogen-bond donors (Lipinski definition) is 2. The van der Waals surface area contributed by atoms with E-state index in [4.69, 9.17) is 12.3 Å². The van der Waals surface area contributed by atoms with Crippen molar-refractivity contribution in [3.8, 4) is 0 Å². The van der Waals surface area contributed by atoms with E-state index in [9.17, 15) is 4.79 Å². The minimum Gasteiger partial charge on any atom is -0.447 e. The average molecular weight is 296 g/mol. The van der Waals surface area contributed by atoms with Crippen LogP contribution in [-0.4, -0.2) is 49.1 Å². The molecule has 0 radical (unpaired) electrons. The molecule has 21 heavy (non-hydrogen) atoms. The first-order chi connectivity index (χ1) is 13.7. The Bertz CT molecular complexity index is 1000. The third-order valence-corrected chi connectivity index (χ3v) is 3.20. The first-order valence-corrected chi connectivity index (χ1v) is 6.54. The lowest BCUT2D eigenvalue weighted by molar-refractivity contribution is 0.177. The van der Waals surface area contributed by atoms with Crippen LogP contribution in [0.1, 0.15) is 23.5 Å². The number of ether oxygens (including phenoxy) is 1. The zero-order chi connectivity index (χ0) is 22.6. The van der Waals surface area contributed by atoms with Crippen LogP contribution in [0, 0.1) is 0 Å². The molecule has 3 rings (SSSR count). The summed E-state index contributed by atoms with van der Waals surface area (Å²) in [5.74, 6) is 0. The third-order valence-electron chi connectivity index (χ3n) is 3.20. The summed E-state index contributed by atoms with van der Waals surface area (Å²) < 4.78 is 75.7. The van der Waals surface area contributed by atoms with Crippen molar-refractivity contribution < 1.29 is 21.9 Å². The summed E-state index contributed by atoms with van der Waals surface area (Å²) in [6.07, 6.45) is -1.14. The molecule has 2 N–H and O–H groups in total. The van der Waals surface area contributed by atoms with Crippen molar-refractivity contribution >= 4 is 17.0 Å². The van der Waals surface area contributed by atoms with E-state index < -0.39 is 25.7 Å². The minimum absolute atomic E-state index is 0.0385. The summed E-state index contributed by atoms with van der Waals surface area (Å²) in [5.41, 5.74) is 0.507. The second kappa shape index (κ2) is 5.77. The Labute approximate surface area is 136 Å². The number of fused-ring (bicyclic) bond motifs is 1. The molecular weight excluding hydrogens is 266 g/mol. The van der Waals surface area contributed by atoms with E-state index in [1.165, 1.54) is 7.05 Å². The summed E-state index contributed by atoms with van der Waals surface area (Å²) in [4.78, 5) is 15.2. The van der Waals surface area contributed by atoms with Gasteiger partial charge in [-0.1, -0.05) is 6.04 Å². The van der Waals surface area contributed by atoms with Crippen molar-refractivity contribution in [1.29, 1.82) is 0 Å². The van der Waals surface area contributed by atoms with E-state index in [-0.39, 0.29) is 60.2 Å². The topological polar surface area (TPSA) is 57.4 Å². The summed E-state index contributed by atoms with van der Waals surface area (Å²) >= 11 is 0. The number of carbonyl (C=O) groups excluding carboxylic acids is 1. The van der Waals surface area contributed by atoms with Crippen molar-refractivity contribution in [3.63, 3.8) is 0 Å². The number of aromatic amines is 1. The quantitative estimate of drug-likeness (QED) is 0.886. The van der Waals surface area contributed by atoms with Gasteiger partial charge in [0.2, 0.25) is 0 Å². The standard InChI is InChI=1S/C16H21N3O2/c1-19(2)6-5-12-9-17-15-4-3-11(8-14(12)15)7-13-10-21-16(20)18-13/h3-4,8-9,13,17H,5-7,10H2,1-2H3,(H,18,20)/t13-/m0/s1/i1D3,3D,4D,8D,9D,10D2. The zero-order valence-corrected chi connectivity index (χ0v) is 11.5. The number of carbonyl (C=O) groups is 1. The zero-order valence-electron chi connectivity index (χ0n) is 20.5. The summed E-state index contributed by atoms with van der Waals surface area (Å²) in [5, 5.41) is 2.54. The van der Waals surface area contributed by atoms with Gasteiger partial charge in [0.1, 0.15) is 6.56 Å². The predicted molar refractivity (Wildman–Crippen MR) is 82.5 cm³/mol. The lowest BCUT2D eigenvalue weighted by atomic mass is 10.0. The average Bonchev–Trinajstić information content (AvgIpc) is 3.08. The molecule has 1 fully saturated rings. The maximum atomic E-state index is 11.4. The largest absolute Gasteiger partial charge is 0.447 e. The van der Waals surface area contributed by atoms with E-state index in [1.54, 1.807) is 0 Å². The van der Waals surface area contributed by atoms with Crippen LogP contribution >= 0.6 is 0 Å². The van der Waals surface area contributed by atoms with Crippen molar-refractivity contribution in [2.45, 2.75) is 18.9 Å². The number of cyclic esters (lactones) is 1. The normalized spacial score (nSPS) is 27.4. The molecule has 1 aliphatic heterocycles. The van der Waals surface area contributed by atoms with Crippen LogP contribution in [0.2, 0.25) is 0 Å². The van der Waals surface area contributed by atoms with E-state index in [1.807, 2.05) is 0 Å². The Morgan fingerprint density at radius 3 is 3.29 bits per heavy atom. The fourth-order valence-electron chi connectivity index (χ4n) is 2.16. The Morgan fingerprint density at radius 1 is 1.62 bits per heavy atom. The highest BCUT2D eigenvalue weighted by molar-refractivity contribution is 5.84. The van der Waals surface area contributed by atoms with Gasteiger partial charge < -0.3 is 19.9 Å². The second-order valence-electron chi connectivity index (χ2n) is 4.91. The fraction of sp³-hybridized carbons (Fsp3) is 0.438. The molecule has 0 saturated carbocycles. The van der Waals surface area contributed by atoms with Gasteiger partial charge in [-0.15, -0.1) is 0 Å². The van der Waals surface area contributed by atoms with Gasteiger partial charge in [-0.05, 0) is 50.1 Å². The Kier molecular flexibility index (Phi) is 1.88. The van der Waals surface area contributed by atoms with Gasteiger partial charge in [-0.2, -0.15) is 0 Å². The Morgan fingerprint density at radius 2 is 2.52 bits per heavy atom. The molecule has 1 aliphatic rings. The van der Waals surface area contributed by atoms with Crippen molar-refractivity contribution in [1.82, 2.24) is 15.2 Å². The Hall–Kier alpha value is -2.01. The van der Waals surface area contributed by atoms with Crippen LogP contribution in [0.15, 0.2) is 24.3 Å². The van der Waals surface area contributed by atoms with Crippen LogP contribution in [0.3, 0.4) is 0 Å². The fourth-order valence-corrected chi connectivity index (χ4v) is 2.16. The smallest absolute Gasteiger partial charge is 0.407 e. The maximum absolute atomic E-state index is 11.4. The molecule has 0 aliphatic carbocycles. The van der Waals surface area contributed by atoms with Gasteiger partial charge in [-0.3, -0.25) is 0 Å². The van der Waals surface area contributed by atoms with Gasteiger partial charge in [0.25, 0.3) is 0 Å². The van der Waals surface area contributed by atoms with Crippen molar-refractivity contribution in [2.75, 3.05) is 27.1 Å². The SMILES string of the molecule is [2H]c1[nH]c2c([2H])c([2H])c(C[C@@H]3NC(=O)OC3([2H])[2H])c([2H])c2c1CCN(C)C([2H])([2H])[2H]. The van der Waals surface area contributed by atoms with Crippen LogP contribution in [-0.2, 0) is 17.6 Å². The molecular formula is C16H21N3O2. The number of hydrogen-bond acceptors (Lipinski definition) is 3. The van der Waals surface area contributed by atoms with E-state index in [2.05, 4.69) is 15.0 Å². The molecule has 0 bridgehead atoms. The number of alkyl carbamates (subject to hydrolysis) is 1. The van der Waals surface area contributed by atoms with Gasteiger partial charge in [0.15, 0.2) is 0 Å². The van der Waals surface area contributed by atoms with Crippen molar-refractivity contribution in [2.24, 2.45) is 0 Å². The van der Waals surface area contributed by atoms with Crippen LogP contribution < -0.4 is 5.32 Å². The first-order valence-electron chi connectivity index (χ1n) is 11.0. The highest BCUT2D eigenvalue weighted by atomic mass is 16.6. The van der Waals surface area contributed by atoms with Crippen LogP contribution in [0.5, 0.6) is 0 Å². The van der Waals surface area contributed by atoms with Crippen molar-refractivity contribution in [3.05, 3.63) is 35.4 Å². The summed E-state index contributed by atoms with van der Waals surface area (Å²) in [6.45, 7) is -4.57. The molecule has 1 saturated heterocycles. The highest BCUT2D eigenvalue weighted by Crippen LogP contribution is 2.21. The Balaban J connectivity index is 2.05. The monoisotopic (exact) mass is 296 g/mol. The van der Waals surface area contributed by atoms with Crippen LogP contribution in [0.4, 0.5) is 4.79 Å². The number of nitrogens with zero attached hydrogens (tertiary/aromatic N) is 1. The molecule has 1 amide bonds. The number of aromatic nitrogens is 1. The molecule has 112 valence electrons. The second-order valence-corrected chi connectivity index (χ2v) is 4.91. The molecule has 2 heterocycles. The minimum atomic E-state index is -2.34. The van der Waals surface area contributed by atoms with Gasteiger partial charge in [-0.25, -0.2) is 4.79 Å². The lowest BCUT2D eigenvalue weighted by Gasteiger charge is -2.09. The predicted octanol–water partition coefficient (Wildman–Crippen LogP) is 1.92. The molecule has 1 atom stereocenters. The maximum Gasteiger partial charge on any atom is 0.407 e. The molecule has 2 aromatic rings. The molecule has 5 nitrogen and oxygen atoms in total. The van der Waals surface area contributed by atoms with Gasteiger partial charge >= 0.3 is 6.09 Å². The van der Waals surface area contributed by atoms with E-state index in [0.29, 0.717) is 5.56 Å². The lowest BCUT2D eigenvalue weighted by Crippen LogP contribution is -2.28. The summed E-state index contributed by atoms with van der Waals surface area (Å²) in [7, 11) is 1.42. The summed E-state index contributed by atoms with van der Waals surface area (Å²) in [6, 6.07) is -1.87. The van der Waals surface area contributed by atoms with Gasteiger partial charge in [0.05, 0.1) is 14.3 Å². The highest BCUT2D eigenvalue weighted by Gasteiger charge is 2.22. The number of H-pyrrole nitrogens is 1. The molecule has 1 aromatic heterocycles. The number of likely N-dealkylation sites (N-methyl/N-ethyl adjacent to an activating group) is 1. The first kappa shape index (κ1) is 6.83. The number of amides is 1. The number of benzene rings is 1. The van der Waals surface area contributed by atoms with E-state index in [0.717, 1.165) is 4.90 Å². The number of nitrogens with one attached hydrogen (secondary N) is 2. The van der Waals surface area contributed by atoms with Crippen LogP contribution in [0.25, 0.3) is 10.9 Å². The third kappa shape index (κ3) is 3.19. The molecule has 0 spiro atoms. The van der Waals surface area contributed by atoms with E-state index >= 15 is 0 Å². The number of rotatable bonds is 5. The molecule has 5 heteroatoms. The molecule has 1 aromatic carbocycles.